The number of fused-ring (bicyclic) bond motifs is 1. The molecule has 0 bridgehead atoms. The number of terminal acetylenes is 1. The van der Waals surface area contributed by atoms with Crippen molar-refractivity contribution in [3.05, 3.63) is 29.1 Å². The van der Waals surface area contributed by atoms with Crippen LogP contribution in [0.25, 0.3) is 0 Å². The summed E-state index contributed by atoms with van der Waals surface area (Å²) in [6.45, 7) is 0. The van der Waals surface area contributed by atoms with Gasteiger partial charge >= 0.3 is 0 Å². The largest absolute Gasteiger partial charge is 0.477 e. The van der Waals surface area contributed by atoms with Gasteiger partial charge in [0.2, 0.25) is 0 Å². The molecule has 3 aliphatic rings. The third kappa shape index (κ3) is 2.37. The molecule has 4 rings (SSSR count). The Balaban J connectivity index is 1.71. The molecule has 2 heterocycles. The first-order chi connectivity index (χ1) is 12.5. The fourth-order valence-corrected chi connectivity index (χ4v) is 3.53. The number of anilines is 2. The molecule has 1 aromatic rings. The van der Waals surface area contributed by atoms with Crippen LogP contribution in [-0.4, -0.2) is 23.8 Å². The number of halogens is 1. The highest BCUT2D eigenvalue weighted by molar-refractivity contribution is 6.33. The van der Waals surface area contributed by atoms with Gasteiger partial charge in [0.1, 0.15) is 5.75 Å². The number of imide groups is 1. The molecule has 0 radical (unpaired) electrons. The van der Waals surface area contributed by atoms with Crippen LogP contribution in [0.15, 0.2) is 23.3 Å². The molecule has 0 fully saturated rings. The van der Waals surface area contributed by atoms with Crippen molar-refractivity contribution in [3.63, 3.8) is 0 Å². The number of carbonyl (C=O) groups is 3. The minimum absolute atomic E-state index is 0.0500. The van der Waals surface area contributed by atoms with Crippen LogP contribution in [0, 0.1) is 18.2 Å². The lowest BCUT2D eigenvalue weighted by Crippen LogP contribution is -2.37. The van der Waals surface area contributed by atoms with Crippen molar-refractivity contribution in [3.8, 4) is 18.1 Å². The van der Waals surface area contributed by atoms with Crippen LogP contribution in [0.1, 0.15) is 32.1 Å². The van der Waals surface area contributed by atoms with E-state index in [0.717, 1.165) is 23.8 Å². The predicted molar refractivity (Wildman–Crippen MR) is 90.9 cm³/mol. The van der Waals surface area contributed by atoms with Crippen molar-refractivity contribution < 1.29 is 23.5 Å². The highest BCUT2D eigenvalue weighted by Gasteiger charge is 2.41. The number of nitrogens with zero attached hydrogens (tertiary/aromatic N) is 1. The normalized spacial score (nSPS) is 21.8. The average Bonchev–Trinajstić information content (AvgIpc) is 2.87. The molecular formula is C19H15FN2O4. The Morgan fingerprint density at radius 1 is 1.19 bits per heavy atom. The van der Waals surface area contributed by atoms with Crippen LogP contribution in [0.4, 0.5) is 15.8 Å². The van der Waals surface area contributed by atoms with E-state index in [4.69, 9.17) is 11.2 Å². The molecule has 0 saturated carbocycles. The standard InChI is InChI=1S/C19H15FN2O4/c1-2-5-15-17(23)21-13-9-14(12(20)8-16(13)26-15)22-18(24)10-6-3-4-7-11(10)19(22)25/h1,8-9,15H,3-7H2,(H,21,23). The van der Waals surface area contributed by atoms with Crippen LogP contribution < -0.4 is 15.0 Å². The van der Waals surface area contributed by atoms with Gasteiger partial charge in [-0.3, -0.25) is 14.4 Å². The Kier molecular flexibility index (Phi) is 3.76. The topological polar surface area (TPSA) is 75.7 Å². The van der Waals surface area contributed by atoms with Crippen molar-refractivity contribution in [2.24, 2.45) is 0 Å². The first kappa shape index (κ1) is 16.3. The van der Waals surface area contributed by atoms with Crippen LogP contribution >= 0.6 is 0 Å². The summed E-state index contributed by atoms with van der Waals surface area (Å²) in [4.78, 5) is 38.1. The maximum atomic E-state index is 14.7. The molecule has 1 aromatic carbocycles. The second kappa shape index (κ2) is 5.99. The Morgan fingerprint density at radius 3 is 2.46 bits per heavy atom. The van der Waals surface area contributed by atoms with E-state index in [-0.39, 0.29) is 23.5 Å². The summed E-state index contributed by atoms with van der Waals surface area (Å²) in [5, 5.41) is 2.59. The van der Waals surface area contributed by atoms with E-state index >= 15 is 0 Å². The maximum Gasteiger partial charge on any atom is 0.266 e. The highest BCUT2D eigenvalue weighted by Crippen LogP contribution is 2.40. The summed E-state index contributed by atoms with van der Waals surface area (Å²) < 4.78 is 20.1. The molecule has 132 valence electrons. The van der Waals surface area contributed by atoms with Gasteiger partial charge in [0.15, 0.2) is 11.9 Å². The molecular weight excluding hydrogens is 339 g/mol. The number of hydrogen-bond acceptors (Lipinski definition) is 4. The number of ether oxygens (including phenoxy) is 1. The van der Waals surface area contributed by atoms with Gasteiger partial charge < -0.3 is 10.1 Å². The molecule has 1 atom stereocenters. The second-order valence-corrected chi connectivity index (χ2v) is 6.41. The SMILES string of the molecule is C#CCC1Oc2cc(F)c(N3C(=O)C4=C(CCCC4)C3=O)cc2NC1=O. The maximum absolute atomic E-state index is 14.7. The van der Waals surface area contributed by atoms with E-state index in [1.165, 1.54) is 6.07 Å². The molecule has 2 aliphatic heterocycles. The number of benzene rings is 1. The molecule has 1 aliphatic carbocycles. The van der Waals surface area contributed by atoms with Gasteiger partial charge in [-0.1, -0.05) is 0 Å². The van der Waals surface area contributed by atoms with Gasteiger partial charge in [-0.15, -0.1) is 12.3 Å². The molecule has 0 aromatic heterocycles. The van der Waals surface area contributed by atoms with E-state index in [2.05, 4.69) is 11.2 Å². The summed E-state index contributed by atoms with van der Waals surface area (Å²) in [5.41, 5.74) is 0.943. The van der Waals surface area contributed by atoms with Gasteiger partial charge in [0.05, 0.1) is 17.8 Å². The molecule has 3 amide bonds. The lowest BCUT2D eigenvalue weighted by atomic mass is 9.93. The van der Waals surface area contributed by atoms with E-state index in [1.807, 2.05) is 0 Å². The number of nitrogens with one attached hydrogen (secondary N) is 1. The fourth-order valence-electron chi connectivity index (χ4n) is 3.53. The van der Waals surface area contributed by atoms with E-state index in [0.29, 0.717) is 24.0 Å². The average molecular weight is 354 g/mol. The van der Waals surface area contributed by atoms with Crippen molar-refractivity contribution in [1.29, 1.82) is 0 Å². The van der Waals surface area contributed by atoms with Crippen molar-refractivity contribution in [1.82, 2.24) is 0 Å². The first-order valence-corrected chi connectivity index (χ1v) is 8.36. The third-order valence-corrected chi connectivity index (χ3v) is 4.80. The van der Waals surface area contributed by atoms with Gasteiger partial charge in [0, 0.05) is 17.2 Å². The fraction of sp³-hybridized carbons (Fsp3) is 0.316. The molecule has 7 heteroatoms. The number of amides is 3. The Labute approximate surface area is 149 Å². The summed E-state index contributed by atoms with van der Waals surface area (Å²) in [6.07, 6.45) is 7.06. The van der Waals surface area contributed by atoms with Crippen molar-refractivity contribution >= 4 is 29.1 Å². The van der Waals surface area contributed by atoms with Crippen molar-refractivity contribution in [2.45, 2.75) is 38.2 Å². The highest BCUT2D eigenvalue weighted by atomic mass is 19.1. The summed E-state index contributed by atoms with van der Waals surface area (Å²) in [6, 6.07) is 2.31. The molecule has 1 N–H and O–H groups in total. The molecule has 6 nitrogen and oxygen atoms in total. The van der Waals surface area contributed by atoms with Crippen LogP contribution in [0.2, 0.25) is 0 Å². The minimum atomic E-state index is -0.901. The van der Waals surface area contributed by atoms with Gasteiger partial charge in [0.25, 0.3) is 17.7 Å². The molecule has 26 heavy (non-hydrogen) atoms. The summed E-state index contributed by atoms with van der Waals surface area (Å²) in [7, 11) is 0. The lowest BCUT2D eigenvalue weighted by molar-refractivity contribution is -0.123. The zero-order chi connectivity index (χ0) is 18.4. The number of rotatable bonds is 2. The Morgan fingerprint density at radius 2 is 1.85 bits per heavy atom. The number of hydrogen-bond donors (Lipinski definition) is 1. The van der Waals surface area contributed by atoms with Gasteiger partial charge in [-0.2, -0.15) is 0 Å². The second-order valence-electron chi connectivity index (χ2n) is 6.41. The van der Waals surface area contributed by atoms with Crippen molar-refractivity contribution in [2.75, 3.05) is 10.2 Å². The zero-order valence-corrected chi connectivity index (χ0v) is 13.8. The predicted octanol–water partition coefficient (Wildman–Crippen LogP) is 2.29. The first-order valence-electron chi connectivity index (χ1n) is 8.36. The zero-order valence-electron chi connectivity index (χ0n) is 13.8. The summed E-state index contributed by atoms with van der Waals surface area (Å²) >= 11 is 0. The van der Waals surface area contributed by atoms with E-state index < -0.39 is 29.6 Å². The smallest absolute Gasteiger partial charge is 0.266 e. The van der Waals surface area contributed by atoms with Gasteiger partial charge in [-0.05, 0) is 31.7 Å². The minimum Gasteiger partial charge on any atom is -0.477 e. The lowest BCUT2D eigenvalue weighted by Gasteiger charge is -2.26. The molecule has 0 spiro atoms. The summed E-state index contributed by atoms with van der Waals surface area (Å²) in [5.74, 6) is 0.231. The van der Waals surface area contributed by atoms with Crippen LogP contribution in [0.3, 0.4) is 0 Å². The van der Waals surface area contributed by atoms with E-state index in [9.17, 15) is 18.8 Å². The molecule has 0 saturated heterocycles. The Hall–Kier alpha value is -3.14. The molecule has 1 unspecified atom stereocenters. The van der Waals surface area contributed by atoms with Crippen LogP contribution in [0.5, 0.6) is 5.75 Å². The quantitative estimate of drug-likeness (QED) is 0.653. The monoisotopic (exact) mass is 354 g/mol. The Bertz CT molecular complexity index is 900. The third-order valence-electron chi connectivity index (χ3n) is 4.80. The van der Waals surface area contributed by atoms with Gasteiger partial charge in [-0.25, -0.2) is 9.29 Å². The van der Waals surface area contributed by atoms with E-state index in [1.54, 1.807) is 0 Å². The number of carbonyl (C=O) groups excluding carboxylic acids is 3. The van der Waals surface area contributed by atoms with Crippen LogP contribution in [-0.2, 0) is 14.4 Å².